The predicted octanol–water partition coefficient (Wildman–Crippen LogP) is 2.27. The second-order valence-corrected chi connectivity index (χ2v) is 7.30. The first kappa shape index (κ1) is 11.3. The van der Waals surface area contributed by atoms with Crippen LogP contribution < -0.4 is 5.32 Å². The lowest BCUT2D eigenvalue weighted by Gasteiger charge is -2.59. The van der Waals surface area contributed by atoms with E-state index in [0.717, 1.165) is 50.0 Å². The van der Waals surface area contributed by atoms with Crippen molar-refractivity contribution in [2.45, 2.75) is 50.5 Å². The molecule has 5 aliphatic carbocycles. The summed E-state index contributed by atoms with van der Waals surface area (Å²) in [6, 6.07) is 0. The molecule has 0 amide bonds. The first-order valence-electron chi connectivity index (χ1n) is 7.67. The van der Waals surface area contributed by atoms with Crippen molar-refractivity contribution in [3.8, 4) is 0 Å². The van der Waals surface area contributed by atoms with Crippen molar-refractivity contribution in [3.05, 3.63) is 0 Å². The van der Waals surface area contributed by atoms with Crippen LogP contribution in [0, 0.1) is 29.6 Å². The van der Waals surface area contributed by atoms with E-state index in [-0.39, 0.29) is 0 Å². The lowest BCUT2D eigenvalue weighted by molar-refractivity contribution is -0.164. The average molecular weight is 249 g/mol. The maximum Gasteiger partial charge on any atom is 0.324 e. The van der Waals surface area contributed by atoms with Gasteiger partial charge in [0.15, 0.2) is 0 Å². The number of carbonyl (C=O) groups is 1. The highest BCUT2D eigenvalue weighted by molar-refractivity contribution is 5.80. The van der Waals surface area contributed by atoms with E-state index in [1.807, 2.05) is 0 Å². The van der Waals surface area contributed by atoms with Crippen molar-refractivity contribution in [2.75, 3.05) is 6.54 Å². The molecule has 2 N–H and O–H groups in total. The highest BCUT2D eigenvalue weighted by Crippen LogP contribution is 2.58. The molecule has 0 heterocycles. The zero-order valence-corrected chi connectivity index (χ0v) is 10.9. The van der Waals surface area contributed by atoms with Crippen LogP contribution in [-0.4, -0.2) is 23.2 Å². The smallest absolute Gasteiger partial charge is 0.324 e. The van der Waals surface area contributed by atoms with E-state index >= 15 is 0 Å². The Hall–Kier alpha value is -0.570. The van der Waals surface area contributed by atoms with E-state index in [1.54, 1.807) is 0 Å². The van der Waals surface area contributed by atoms with E-state index in [2.05, 4.69) is 5.32 Å². The van der Waals surface area contributed by atoms with Gasteiger partial charge in [0.05, 0.1) is 0 Å². The van der Waals surface area contributed by atoms with Gasteiger partial charge in [-0.15, -0.1) is 0 Å². The minimum atomic E-state index is -0.560. The van der Waals surface area contributed by atoms with Crippen molar-refractivity contribution in [1.82, 2.24) is 5.32 Å². The van der Waals surface area contributed by atoms with E-state index in [9.17, 15) is 9.90 Å². The summed E-state index contributed by atoms with van der Waals surface area (Å²) >= 11 is 0. The van der Waals surface area contributed by atoms with Gasteiger partial charge in [-0.05, 0) is 81.1 Å². The van der Waals surface area contributed by atoms with Crippen LogP contribution in [0.4, 0.5) is 0 Å². The molecule has 5 saturated carbocycles. The Morgan fingerprint density at radius 3 is 2.06 bits per heavy atom. The van der Waals surface area contributed by atoms with E-state index in [4.69, 9.17) is 0 Å². The standard InChI is InChI=1S/C15H23NO2/c17-14(18)15(16-8-9-1-2-9)12-4-10-3-11(6-12)7-13(15)5-10/h9-13,16H,1-8H2,(H,17,18). The molecule has 0 spiro atoms. The van der Waals surface area contributed by atoms with Crippen LogP contribution in [0.25, 0.3) is 0 Å². The SMILES string of the molecule is O=C(O)C1(NCC2CC2)C2CC3CC(C2)CC1C3. The van der Waals surface area contributed by atoms with Crippen LogP contribution in [0.2, 0.25) is 0 Å². The summed E-state index contributed by atoms with van der Waals surface area (Å²) in [4.78, 5) is 12.0. The molecule has 0 saturated heterocycles. The van der Waals surface area contributed by atoms with Gasteiger partial charge in [0.1, 0.15) is 5.54 Å². The molecule has 0 aliphatic heterocycles. The predicted molar refractivity (Wildman–Crippen MR) is 68.1 cm³/mol. The van der Waals surface area contributed by atoms with Gasteiger partial charge in [0.25, 0.3) is 0 Å². The van der Waals surface area contributed by atoms with Gasteiger partial charge in [-0.25, -0.2) is 0 Å². The number of carboxylic acid groups (broad SMARTS) is 1. The molecule has 0 aromatic heterocycles. The zero-order chi connectivity index (χ0) is 12.3. The highest BCUT2D eigenvalue weighted by Gasteiger charge is 2.61. The second-order valence-electron chi connectivity index (χ2n) is 7.30. The first-order chi connectivity index (χ1) is 8.68. The number of aliphatic carboxylic acids is 1. The number of hydrogen-bond donors (Lipinski definition) is 2. The second kappa shape index (κ2) is 3.72. The molecular formula is C15H23NO2. The third-order valence-corrected chi connectivity index (χ3v) is 6.16. The summed E-state index contributed by atoms with van der Waals surface area (Å²) in [7, 11) is 0. The van der Waals surface area contributed by atoms with E-state index in [1.165, 1.54) is 19.3 Å². The van der Waals surface area contributed by atoms with Gasteiger partial charge >= 0.3 is 5.97 Å². The van der Waals surface area contributed by atoms with Gasteiger partial charge in [0.2, 0.25) is 0 Å². The van der Waals surface area contributed by atoms with Crippen LogP contribution >= 0.6 is 0 Å². The minimum absolute atomic E-state index is 0.407. The van der Waals surface area contributed by atoms with Gasteiger partial charge in [-0.3, -0.25) is 4.79 Å². The molecule has 3 heteroatoms. The monoisotopic (exact) mass is 249 g/mol. The number of carboxylic acids is 1. The summed E-state index contributed by atoms with van der Waals surface area (Å²) in [6.45, 7) is 0.939. The first-order valence-corrected chi connectivity index (χ1v) is 7.67. The van der Waals surface area contributed by atoms with Gasteiger partial charge in [0, 0.05) is 0 Å². The molecule has 0 aromatic carbocycles. The molecule has 100 valence electrons. The summed E-state index contributed by atoms with van der Waals surface area (Å²) in [6.07, 6.45) is 8.62. The number of nitrogens with one attached hydrogen (secondary N) is 1. The molecular weight excluding hydrogens is 226 g/mol. The van der Waals surface area contributed by atoms with Crippen LogP contribution in [0.15, 0.2) is 0 Å². The van der Waals surface area contributed by atoms with Gasteiger partial charge in [-0.1, -0.05) is 0 Å². The van der Waals surface area contributed by atoms with Crippen LogP contribution in [0.3, 0.4) is 0 Å². The third kappa shape index (κ3) is 1.49. The lowest BCUT2D eigenvalue weighted by Crippen LogP contribution is -2.69. The topological polar surface area (TPSA) is 49.3 Å². The molecule has 0 atom stereocenters. The largest absolute Gasteiger partial charge is 0.480 e. The molecule has 5 fully saturated rings. The Balaban J connectivity index is 1.62. The molecule has 0 radical (unpaired) electrons. The maximum atomic E-state index is 12.0. The lowest BCUT2D eigenvalue weighted by atomic mass is 9.48. The van der Waals surface area contributed by atoms with Crippen LogP contribution in [-0.2, 0) is 4.79 Å². The molecule has 5 aliphatic rings. The third-order valence-electron chi connectivity index (χ3n) is 6.16. The van der Waals surface area contributed by atoms with E-state index in [0.29, 0.717) is 11.8 Å². The molecule has 0 aromatic rings. The quantitative estimate of drug-likeness (QED) is 0.803. The fourth-order valence-corrected chi connectivity index (χ4v) is 5.28. The molecule has 4 bridgehead atoms. The minimum Gasteiger partial charge on any atom is -0.480 e. The number of hydrogen-bond acceptors (Lipinski definition) is 2. The Bertz CT molecular complexity index is 347. The van der Waals surface area contributed by atoms with Crippen molar-refractivity contribution in [2.24, 2.45) is 29.6 Å². The van der Waals surface area contributed by atoms with Crippen molar-refractivity contribution in [3.63, 3.8) is 0 Å². The van der Waals surface area contributed by atoms with E-state index < -0.39 is 11.5 Å². The van der Waals surface area contributed by atoms with Gasteiger partial charge in [-0.2, -0.15) is 0 Å². The Kier molecular flexibility index (Phi) is 2.33. The van der Waals surface area contributed by atoms with Crippen molar-refractivity contribution in [1.29, 1.82) is 0 Å². The highest BCUT2D eigenvalue weighted by atomic mass is 16.4. The molecule has 3 nitrogen and oxygen atoms in total. The molecule has 0 unspecified atom stereocenters. The van der Waals surface area contributed by atoms with Crippen molar-refractivity contribution >= 4 is 5.97 Å². The summed E-state index contributed by atoms with van der Waals surface area (Å²) in [5.41, 5.74) is -0.560. The maximum absolute atomic E-state index is 12.0. The Morgan fingerprint density at radius 1 is 1.06 bits per heavy atom. The molecule has 18 heavy (non-hydrogen) atoms. The summed E-state index contributed by atoms with van der Waals surface area (Å²) in [5.74, 6) is 2.69. The Labute approximate surface area is 108 Å². The summed E-state index contributed by atoms with van der Waals surface area (Å²) < 4.78 is 0. The fraction of sp³-hybridized carbons (Fsp3) is 0.933. The zero-order valence-electron chi connectivity index (χ0n) is 10.9. The van der Waals surface area contributed by atoms with Crippen LogP contribution in [0.5, 0.6) is 0 Å². The summed E-state index contributed by atoms with van der Waals surface area (Å²) in [5, 5.41) is 13.4. The Morgan fingerprint density at radius 2 is 1.61 bits per heavy atom. The average Bonchev–Trinajstić information content (AvgIpc) is 3.11. The fourth-order valence-electron chi connectivity index (χ4n) is 5.28. The number of rotatable bonds is 4. The van der Waals surface area contributed by atoms with Crippen molar-refractivity contribution < 1.29 is 9.90 Å². The van der Waals surface area contributed by atoms with Crippen LogP contribution in [0.1, 0.15) is 44.9 Å². The van der Waals surface area contributed by atoms with Gasteiger partial charge < -0.3 is 10.4 Å². The normalized spacial score (nSPS) is 49.6. The molecule has 5 rings (SSSR count).